The van der Waals surface area contributed by atoms with Gasteiger partial charge in [-0.25, -0.2) is 4.79 Å². The highest BCUT2D eigenvalue weighted by atomic mass is 16.2. The van der Waals surface area contributed by atoms with Crippen LogP contribution in [0.1, 0.15) is 35.0 Å². The molecule has 1 aromatic heterocycles. The van der Waals surface area contributed by atoms with Crippen LogP contribution in [0.15, 0.2) is 18.2 Å². The smallest absolute Gasteiger partial charge is 0.321 e. The summed E-state index contributed by atoms with van der Waals surface area (Å²) >= 11 is 0. The molecule has 24 heavy (non-hydrogen) atoms. The van der Waals surface area contributed by atoms with E-state index in [0.29, 0.717) is 6.54 Å². The van der Waals surface area contributed by atoms with Gasteiger partial charge in [-0.05, 0) is 63.8 Å². The van der Waals surface area contributed by atoms with E-state index in [1.54, 1.807) is 4.90 Å². The number of rotatable bonds is 5. The molecule has 0 aliphatic carbocycles. The molecule has 0 aliphatic heterocycles. The third kappa shape index (κ3) is 3.78. The molecule has 0 aliphatic rings. The van der Waals surface area contributed by atoms with Crippen molar-refractivity contribution in [1.29, 1.82) is 0 Å². The molecule has 0 bridgehead atoms. The fourth-order valence-corrected chi connectivity index (χ4v) is 2.88. The van der Waals surface area contributed by atoms with Crippen molar-refractivity contribution in [2.45, 2.75) is 47.6 Å². The number of anilines is 1. The number of aryl methyl sites for hydroxylation is 3. The third-order valence-corrected chi connectivity index (χ3v) is 4.72. The first-order valence-electron chi connectivity index (χ1n) is 8.46. The lowest BCUT2D eigenvalue weighted by atomic mass is 10.1. The number of aromatic nitrogens is 2. The molecule has 2 rings (SSSR count). The van der Waals surface area contributed by atoms with Gasteiger partial charge in [-0.1, -0.05) is 12.1 Å². The molecule has 1 heterocycles. The molecule has 5 nitrogen and oxygen atoms in total. The maximum Gasteiger partial charge on any atom is 0.321 e. The van der Waals surface area contributed by atoms with Crippen LogP contribution in [0.5, 0.6) is 0 Å². The molecule has 0 radical (unpaired) electrons. The summed E-state index contributed by atoms with van der Waals surface area (Å²) < 4.78 is 2.01. The number of likely N-dealkylation sites (N-methyl/N-ethyl adjacent to an activating group) is 1. The first-order chi connectivity index (χ1) is 11.3. The Labute approximate surface area is 144 Å². The minimum Gasteiger partial charge on any atom is -0.327 e. The number of carbonyl (C=O) groups excluding carboxylic acids is 1. The number of amides is 2. The Balaban J connectivity index is 2.00. The molecule has 2 amide bonds. The van der Waals surface area contributed by atoms with Gasteiger partial charge >= 0.3 is 6.03 Å². The average molecular weight is 328 g/mol. The van der Waals surface area contributed by atoms with Gasteiger partial charge in [0.1, 0.15) is 0 Å². The first-order valence-corrected chi connectivity index (χ1v) is 8.46. The number of hydrogen-bond acceptors (Lipinski definition) is 2. The summed E-state index contributed by atoms with van der Waals surface area (Å²) in [7, 11) is 1.83. The summed E-state index contributed by atoms with van der Waals surface area (Å²) in [6, 6.07) is 5.87. The molecule has 1 aromatic carbocycles. The van der Waals surface area contributed by atoms with Crippen molar-refractivity contribution >= 4 is 11.7 Å². The molecule has 2 aromatic rings. The summed E-state index contributed by atoms with van der Waals surface area (Å²) in [6.07, 6.45) is 0.814. The quantitative estimate of drug-likeness (QED) is 0.906. The second-order valence-electron chi connectivity index (χ2n) is 6.31. The average Bonchev–Trinajstić information content (AvgIpc) is 2.83. The summed E-state index contributed by atoms with van der Waals surface area (Å²) in [4.78, 5) is 14.1. The summed E-state index contributed by atoms with van der Waals surface area (Å²) in [6.45, 7) is 11.8. The molecular weight excluding hydrogens is 300 g/mol. The standard InChI is InChI=1S/C19H28N4O/c1-7-23-16(5)17(15(4)21-23)11-12-22(6)19(24)20-18-10-8-9-13(2)14(18)3/h8-10H,7,11-12H2,1-6H3,(H,20,24). The zero-order valence-electron chi connectivity index (χ0n) is 15.6. The second-order valence-corrected chi connectivity index (χ2v) is 6.31. The predicted octanol–water partition coefficient (Wildman–Crippen LogP) is 3.84. The number of hydrogen-bond donors (Lipinski definition) is 1. The van der Waals surface area contributed by atoms with Gasteiger partial charge in [0, 0.05) is 31.5 Å². The van der Waals surface area contributed by atoms with E-state index in [9.17, 15) is 4.79 Å². The van der Waals surface area contributed by atoms with Gasteiger partial charge in [-0.3, -0.25) is 4.68 Å². The van der Waals surface area contributed by atoms with E-state index >= 15 is 0 Å². The Morgan fingerprint density at radius 2 is 1.96 bits per heavy atom. The van der Waals surface area contributed by atoms with Crippen molar-refractivity contribution in [3.8, 4) is 0 Å². The van der Waals surface area contributed by atoms with Crippen molar-refractivity contribution in [2.75, 3.05) is 18.9 Å². The molecule has 130 valence electrons. The lowest BCUT2D eigenvalue weighted by Gasteiger charge is -2.19. The van der Waals surface area contributed by atoms with Gasteiger partial charge in [-0.2, -0.15) is 5.10 Å². The summed E-state index contributed by atoms with van der Waals surface area (Å²) in [5, 5.41) is 7.54. The highest BCUT2D eigenvalue weighted by Crippen LogP contribution is 2.18. The highest BCUT2D eigenvalue weighted by molar-refractivity contribution is 5.90. The second kappa shape index (κ2) is 7.51. The van der Waals surface area contributed by atoms with Crippen LogP contribution in [-0.4, -0.2) is 34.3 Å². The van der Waals surface area contributed by atoms with E-state index in [1.165, 1.54) is 16.8 Å². The molecule has 0 saturated carbocycles. The van der Waals surface area contributed by atoms with E-state index in [-0.39, 0.29) is 6.03 Å². The maximum absolute atomic E-state index is 12.4. The van der Waals surface area contributed by atoms with E-state index < -0.39 is 0 Å². The molecule has 0 spiro atoms. The van der Waals surface area contributed by atoms with Crippen LogP contribution in [0.25, 0.3) is 0 Å². The van der Waals surface area contributed by atoms with Crippen LogP contribution >= 0.6 is 0 Å². The predicted molar refractivity (Wildman–Crippen MR) is 98.6 cm³/mol. The number of carbonyl (C=O) groups is 1. The number of nitrogens with zero attached hydrogens (tertiary/aromatic N) is 3. The highest BCUT2D eigenvalue weighted by Gasteiger charge is 2.14. The lowest BCUT2D eigenvalue weighted by Crippen LogP contribution is -2.33. The van der Waals surface area contributed by atoms with Gasteiger partial charge in [-0.15, -0.1) is 0 Å². The van der Waals surface area contributed by atoms with Crippen molar-refractivity contribution in [3.63, 3.8) is 0 Å². The molecule has 5 heteroatoms. The Morgan fingerprint density at radius 1 is 1.25 bits per heavy atom. The fraction of sp³-hybridized carbons (Fsp3) is 0.474. The van der Waals surface area contributed by atoms with Crippen molar-refractivity contribution in [3.05, 3.63) is 46.3 Å². The molecule has 0 saturated heterocycles. The van der Waals surface area contributed by atoms with Crippen LogP contribution in [0, 0.1) is 27.7 Å². The Kier molecular flexibility index (Phi) is 5.65. The fourth-order valence-electron chi connectivity index (χ4n) is 2.88. The van der Waals surface area contributed by atoms with Crippen molar-refractivity contribution in [1.82, 2.24) is 14.7 Å². The SMILES string of the molecule is CCn1nc(C)c(CCN(C)C(=O)Nc2cccc(C)c2C)c1C. The van der Waals surface area contributed by atoms with E-state index in [4.69, 9.17) is 0 Å². The normalized spacial score (nSPS) is 10.8. The van der Waals surface area contributed by atoms with Crippen LogP contribution in [-0.2, 0) is 13.0 Å². The summed E-state index contributed by atoms with van der Waals surface area (Å²) in [5.74, 6) is 0. The van der Waals surface area contributed by atoms with Crippen LogP contribution in [0.4, 0.5) is 10.5 Å². The van der Waals surface area contributed by atoms with Gasteiger partial charge < -0.3 is 10.2 Å². The van der Waals surface area contributed by atoms with E-state index in [2.05, 4.69) is 24.3 Å². The van der Waals surface area contributed by atoms with E-state index in [1.807, 2.05) is 50.7 Å². The zero-order valence-corrected chi connectivity index (χ0v) is 15.6. The number of urea groups is 1. The molecule has 0 fully saturated rings. The third-order valence-electron chi connectivity index (χ3n) is 4.72. The van der Waals surface area contributed by atoms with Gasteiger partial charge in [0.25, 0.3) is 0 Å². The number of benzene rings is 1. The lowest BCUT2D eigenvalue weighted by molar-refractivity contribution is 0.223. The largest absolute Gasteiger partial charge is 0.327 e. The van der Waals surface area contributed by atoms with Gasteiger partial charge in [0.15, 0.2) is 0 Å². The minimum atomic E-state index is -0.0816. The van der Waals surface area contributed by atoms with Gasteiger partial charge in [0.2, 0.25) is 0 Å². The topological polar surface area (TPSA) is 50.2 Å². The number of nitrogens with one attached hydrogen (secondary N) is 1. The molecular formula is C19H28N4O. The van der Waals surface area contributed by atoms with Gasteiger partial charge in [0.05, 0.1) is 5.69 Å². The zero-order chi connectivity index (χ0) is 17.9. The summed E-state index contributed by atoms with van der Waals surface area (Å²) in [5.41, 5.74) is 6.64. The van der Waals surface area contributed by atoms with Crippen LogP contribution < -0.4 is 5.32 Å². The maximum atomic E-state index is 12.4. The Hall–Kier alpha value is -2.30. The van der Waals surface area contributed by atoms with Crippen LogP contribution in [0.2, 0.25) is 0 Å². The van der Waals surface area contributed by atoms with Crippen LogP contribution in [0.3, 0.4) is 0 Å². The van der Waals surface area contributed by atoms with E-state index in [0.717, 1.165) is 29.9 Å². The van der Waals surface area contributed by atoms with Crippen molar-refractivity contribution in [2.24, 2.45) is 0 Å². The first kappa shape index (κ1) is 18.0. The molecule has 1 N–H and O–H groups in total. The Bertz CT molecular complexity index is 733. The molecule has 0 unspecified atom stereocenters. The molecule has 0 atom stereocenters. The Morgan fingerprint density at radius 3 is 2.58 bits per heavy atom. The van der Waals surface area contributed by atoms with Crippen molar-refractivity contribution < 1.29 is 4.79 Å². The monoisotopic (exact) mass is 328 g/mol. The minimum absolute atomic E-state index is 0.0816.